The van der Waals surface area contributed by atoms with E-state index in [0.29, 0.717) is 24.1 Å². The first-order chi connectivity index (χ1) is 16.8. The van der Waals surface area contributed by atoms with Crippen LogP contribution in [0.3, 0.4) is 0 Å². The number of carbonyl (C=O) groups is 2. The van der Waals surface area contributed by atoms with Crippen LogP contribution < -0.4 is 5.32 Å². The highest BCUT2D eigenvalue weighted by Crippen LogP contribution is 2.60. The topological polar surface area (TPSA) is 86.1 Å². The Kier molecular flexibility index (Phi) is 6.68. The summed E-state index contributed by atoms with van der Waals surface area (Å²) in [4.78, 5) is 25.8. The third kappa shape index (κ3) is 4.61. The minimum absolute atomic E-state index is 0.182. The molecule has 35 heavy (non-hydrogen) atoms. The van der Waals surface area contributed by atoms with E-state index in [1.54, 1.807) is 6.92 Å². The lowest BCUT2D eigenvalue weighted by molar-refractivity contribution is -0.146. The highest BCUT2D eigenvalue weighted by molar-refractivity contribution is 8.00. The van der Waals surface area contributed by atoms with Crippen molar-refractivity contribution in [1.29, 1.82) is 0 Å². The number of hydrogen-bond donors (Lipinski definition) is 1. The lowest BCUT2D eigenvalue weighted by Crippen LogP contribution is -2.53. The minimum atomic E-state index is -0.419. The van der Waals surface area contributed by atoms with Crippen molar-refractivity contribution >= 4 is 23.6 Å². The Balaban J connectivity index is 1.39. The Hall–Kier alpha value is -2.35. The van der Waals surface area contributed by atoms with Gasteiger partial charge in [-0.2, -0.15) is 0 Å². The number of aromatic nitrogens is 3. The quantitative estimate of drug-likeness (QED) is 0.419. The van der Waals surface area contributed by atoms with Gasteiger partial charge in [-0.3, -0.25) is 14.2 Å². The van der Waals surface area contributed by atoms with E-state index in [2.05, 4.69) is 35.4 Å². The summed E-state index contributed by atoms with van der Waals surface area (Å²) < 4.78 is 7.18. The van der Waals surface area contributed by atoms with Crippen LogP contribution in [0.1, 0.15) is 69.3 Å². The van der Waals surface area contributed by atoms with Gasteiger partial charge in [0.25, 0.3) is 0 Å². The maximum atomic E-state index is 13.5. The summed E-state index contributed by atoms with van der Waals surface area (Å²) in [5.41, 5.74) is 3.04. The predicted octanol–water partition coefficient (Wildman–Crippen LogP) is 4.76. The van der Waals surface area contributed by atoms with Crippen molar-refractivity contribution < 1.29 is 14.3 Å². The van der Waals surface area contributed by atoms with Crippen LogP contribution in [0.15, 0.2) is 23.4 Å². The Bertz CT molecular complexity index is 1090. The van der Waals surface area contributed by atoms with Crippen LogP contribution in [0.5, 0.6) is 0 Å². The van der Waals surface area contributed by atoms with Crippen LogP contribution in [0.4, 0.5) is 0 Å². The number of aryl methyl sites for hydroxylation is 1. The molecule has 4 fully saturated rings. The lowest BCUT2D eigenvalue weighted by Gasteiger charge is -2.55. The molecule has 4 aliphatic carbocycles. The highest BCUT2D eigenvalue weighted by atomic mass is 32.2. The smallest absolute Gasteiger partial charge is 0.319 e. The van der Waals surface area contributed by atoms with E-state index < -0.39 is 5.25 Å². The third-order valence-corrected chi connectivity index (χ3v) is 9.37. The molecule has 1 atom stereocenters. The van der Waals surface area contributed by atoms with E-state index in [4.69, 9.17) is 4.74 Å². The number of rotatable bonds is 8. The normalized spacial score (nSPS) is 27.6. The van der Waals surface area contributed by atoms with Gasteiger partial charge in [-0.25, -0.2) is 0 Å². The summed E-state index contributed by atoms with van der Waals surface area (Å²) >= 11 is 1.33. The maximum absolute atomic E-state index is 13.5. The molecular formula is C27H36N4O3S. The van der Waals surface area contributed by atoms with Gasteiger partial charge in [-0.05, 0) is 101 Å². The standard InChI is InChI=1S/C27H36N4O3S/c1-5-34-24(32)18(4)35-26-30-29-23(31(26)22-8-6-7-16(2)17(22)3)15-28-25(33)27-12-19-9-20(13-27)11-21(10-19)14-27/h6-8,18-21H,5,9-15H2,1-4H3,(H,28,33). The van der Waals surface area contributed by atoms with Crippen LogP contribution in [0.2, 0.25) is 0 Å². The molecule has 1 aromatic heterocycles. The van der Waals surface area contributed by atoms with Gasteiger partial charge < -0.3 is 10.1 Å². The molecule has 0 saturated heterocycles. The Morgan fingerprint density at radius 2 is 1.80 bits per heavy atom. The van der Waals surface area contributed by atoms with Crippen molar-refractivity contribution in [1.82, 2.24) is 20.1 Å². The van der Waals surface area contributed by atoms with Gasteiger partial charge in [0.15, 0.2) is 11.0 Å². The molecule has 2 aromatic rings. The molecule has 0 spiro atoms. The summed E-state index contributed by atoms with van der Waals surface area (Å²) in [5, 5.41) is 12.3. The average molecular weight is 497 g/mol. The number of esters is 1. The van der Waals surface area contributed by atoms with Crippen LogP contribution >= 0.6 is 11.8 Å². The van der Waals surface area contributed by atoms with Crippen molar-refractivity contribution in [3.63, 3.8) is 0 Å². The van der Waals surface area contributed by atoms with Gasteiger partial charge in [0.1, 0.15) is 5.25 Å². The molecule has 6 rings (SSSR count). The van der Waals surface area contributed by atoms with E-state index in [1.165, 1.54) is 31.0 Å². The van der Waals surface area contributed by atoms with Crippen molar-refractivity contribution in [2.75, 3.05) is 6.61 Å². The van der Waals surface area contributed by atoms with Crippen molar-refractivity contribution in [3.05, 3.63) is 35.2 Å². The number of benzene rings is 1. The summed E-state index contributed by atoms with van der Waals surface area (Å²) in [6, 6.07) is 6.12. The SMILES string of the molecule is CCOC(=O)C(C)Sc1nnc(CNC(=O)C23CC4CC(CC(C4)C2)C3)n1-c1cccc(C)c1C. The van der Waals surface area contributed by atoms with E-state index in [1.807, 2.05) is 23.6 Å². The number of nitrogens with one attached hydrogen (secondary N) is 1. The number of hydrogen-bond acceptors (Lipinski definition) is 6. The van der Waals surface area contributed by atoms with Gasteiger partial charge in [-0.15, -0.1) is 10.2 Å². The first kappa shape index (κ1) is 24.3. The number of ether oxygens (including phenoxy) is 1. The summed E-state index contributed by atoms with van der Waals surface area (Å²) in [7, 11) is 0. The molecule has 4 saturated carbocycles. The van der Waals surface area contributed by atoms with Gasteiger partial charge in [0.05, 0.1) is 18.8 Å². The number of amides is 1. The highest BCUT2D eigenvalue weighted by Gasteiger charge is 2.54. The van der Waals surface area contributed by atoms with E-state index in [0.717, 1.165) is 53.8 Å². The minimum Gasteiger partial charge on any atom is -0.465 e. The van der Waals surface area contributed by atoms with E-state index >= 15 is 0 Å². The second-order valence-electron chi connectivity index (χ2n) is 10.8. The maximum Gasteiger partial charge on any atom is 0.319 e. The van der Waals surface area contributed by atoms with Gasteiger partial charge in [0, 0.05) is 5.41 Å². The molecule has 1 unspecified atom stereocenters. The number of nitrogens with zero attached hydrogens (tertiary/aromatic N) is 3. The van der Waals surface area contributed by atoms with Crippen LogP contribution in [-0.2, 0) is 20.9 Å². The zero-order chi connectivity index (χ0) is 24.7. The number of carbonyl (C=O) groups excluding carboxylic acids is 2. The molecule has 1 heterocycles. The summed E-state index contributed by atoms with van der Waals surface area (Å²) in [6.45, 7) is 8.43. The molecule has 1 amide bonds. The van der Waals surface area contributed by atoms with E-state index in [9.17, 15) is 9.59 Å². The molecular weight excluding hydrogens is 460 g/mol. The Morgan fingerprint density at radius 3 is 2.43 bits per heavy atom. The summed E-state index contributed by atoms with van der Waals surface area (Å²) in [6.07, 6.45) is 7.04. The zero-order valence-electron chi connectivity index (χ0n) is 21.2. The largest absolute Gasteiger partial charge is 0.465 e. The predicted molar refractivity (Wildman–Crippen MR) is 135 cm³/mol. The molecule has 1 aromatic carbocycles. The fourth-order valence-corrected chi connectivity index (χ4v) is 7.79. The Labute approximate surface area is 211 Å². The van der Waals surface area contributed by atoms with E-state index in [-0.39, 0.29) is 17.3 Å². The lowest BCUT2D eigenvalue weighted by atomic mass is 9.49. The summed E-state index contributed by atoms with van der Waals surface area (Å²) in [5.74, 6) is 2.75. The van der Waals surface area contributed by atoms with Crippen LogP contribution in [0.25, 0.3) is 5.69 Å². The van der Waals surface area contributed by atoms with Crippen molar-refractivity contribution in [2.45, 2.75) is 83.2 Å². The Morgan fingerprint density at radius 1 is 1.14 bits per heavy atom. The fraction of sp³-hybridized carbons (Fsp3) is 0.630. The third-order valence-electron chi connectivity index (χ3n) is 8.34. The van der Waals surface area contributed by atoms with Gasteiger partial charge >= 0.3 is 5.97 Å². The van der Waals surface area contributed by atoms with Gasteiger partial charge in [0.2, 0.25) is 5.91 Å². The monoisotopic (exact) mass is 496 g/mol. The van der Waals surface area contributed by atoms with Crippen LogP contribution in [0, 0.1) is 37.0 Å². The zero-order valence-corrected chi connectivity index (χ0v) is 22.0. The molecule has 188 valence electrons. The first-order valence-electron chi connectivity index (χ1n) is 12.9. The fourth-order valence-electron chi connectivity index (χ4n) is 6.91. The molecule has 0 radical (unpaired) electrons. The average Bonchev–Trinajstić information content (AvgIpc) is 3.20. The molecule has 8 heteroatoms. The number of thioether (sulfide) groups is 1. The second kappa shape index (κ2) is 9.60. The molecule has 4 aliphatic rings. The van der Waals surface area contributed by atoms with Crippen molar-refractivity contribution in [3.8, 4) is 5.69 Å². The molecule has 4 bridgehead atoms. The van der Waals surface area contributed by atoms with Crippen LogP contribution in [-0.4, -0.2) is 38.5 Å². The molecule has 0 aliphatic heterocycles. The van der Waals surface area contributed by atoms with Gasteiger partial charge in [-0.1, -0.05) is 23.9 Å². The molecule has 1 N–H and O–H groups in total. The van der Waals surface area contributed by atoms with Crippen molar-refractivity contribution in [2.24, 2.45) is 23.2 Å². The first-order valence-corrected chi connectivity index (χ1v) is 13.8. The molecule has 7 nitrogen and oxygen atoms in total. The second-order valence-corrected chi connectivity index (χ2v) is 12.2.